The van der Waals surface area contributed by atoms with Crippen LogP contribution in [-0.4, -0.2) is 24.1 Å². The van der Waals surface area contributed by atoms with Crippen LogP contribution in [0.2, 0.25) is 0 Å². The van der Waals surface area contributed by atoms with Crippen molar-refractivity contribution in [1.82, 2.24) is 5.43 Å². The minimum Gasteiger partial charge on any atom is -0.484 e. The van der Waals surface area contributed by atoms with Gasteiger partial charge in [-0.2, -0.15) is 5.10 Å². The zero-order valence-corrected chi connectivity index (χ0v) is 15.0. The maximum Gasteiger partial charge on any atom is 0.277 e. The van der Waals surface area contributed by atoms with Crippen molar-refractivity contribution in [3.63, 3.8) is 0 Å². The summed E-state index contributed by atoms with van der Waals surface area (Å²) in [5.41, 5.74) is 9.59. The Labute approximate surface area is 147 Å². The van der Waals surface area contributed by atoms with Gasteiger partial charge in [0.25, 0.3) is 5.91 Å². The third-order valence-corrected chi connectivity index (χ3v) is 6.34. The second-order valence-corrected chi connectivity index (χ2v) is 7.76. The largest absolute Gasteiger partial charge is 0.484 e. The predicted molar refractivity (Wildman–Crippen MR) is 95.3 cm³/mol. The number of amides is 2. The van der Waals surface area contributed by atoms with Crippen molar-refractivity contribution in [2.75, 3.05) is 6.61 Å². The van der Waals surface area contributed by atoms with Crippen molar-refractivity contribution >= 4 is 17.5 Å². The second-order valence-electron chi connectivity index (χ2n) is 7.76. The quantitative estimate of drug-likeness (QED) is 0.804. The van der Waals surface area contributed by atoms with Crippen LogP contribution in [0.5, 0.6) is 5.75 Å². The Kier molecular flexibility index (Phi) is 4.31. The van der Waals surface area contributed by atoms with Gasteiger partial charge in [-0.3, -0.25) is 9.59 Å². The van der Waals surface area contributed by atoms with Crippen LogP contribution in [0.25, 0.3) is 0 Å². The molecule has 6 heteroatoms. The summed E-state index contributed by atoms with van der Waals surface area (Å²) in [5.74, 6) is 0.354. The van der Waals surface area contributed by atoms with E-state index in [0.29, 0.717) is 17.2 Å². The zero-order chi connectivity index (χ0) is 18.2. The molecule has 0 aromatic heterocycles. The van der Waals surface area contributed by atoms with Crippen molar-refractivity contribution in [3.05, 3.63) is 29.8 Å². The van der Waals surface area contributed by atoms with Crippen LogP contribution in [0.1, 0.15) is 50.4 Å². The van der Waals surface area contributed by atoms with Gasteiger partial charge in [0.1, 0.15) is 5.75 Å². The van der Waals surface area contributed by atoms with E-state index in [1.165, 1.54) is 6.42 Å². The van der Waals surface area contributed by atoms with Crippen LogP contribution in [0.4, 0.5) is 0 Å². The molecule has 6 nitrogen and oxygen atoms in total. The van der Waals surface area contributed by atoms with Gasteiger partial charge in [-0.1, -0.05) is 20.8 Å². The van der Waals surface area contributed by atoms with Gasteiger partial charge >= 0.3 is 0 Å². The molecule has 134 valence electrons. The standard InChI is InChI=1S/C19H25N3O3/c1-18(2)13-8-9-19(18,3)15(10-13)21-22-16(23)11-25-14-6-4-12(5-7-14)17(20)24/h4-7,13H,8-11H2,1-3H3,(H2,20,24)(H,22,23)/b21-15-. The molecule has 0 aliphatic heterocycles. The molecule has 0 spiro atoms. The Bertz CT molecular complexity index is 724. The van der Waals surface area contributed by atoms with E-state index in [-0.39, 0.29) is 23.3 Å². The first-order chi connectivity index (χ1) is 11.7. The second kappa shape index (κ2) is 6.17. The number of nitrogens with zero attached hydrogens (tertiary/aromatic N) is 1. The van der Waals surface area contributed by atoms with Gasteiger partial charge in [0, 0.05) is 16.7 Å². The van der Waals surface area contributed by atoms with E-state index in [4.69, 9.17) is 10.5 Å². The SMILES string of the molecule is CC12CCC(C/C1=N/NC(=O)COc1ccc(C(N)=O)cc1)C2(C)C. The van der Waals surface area contributed by atoms with Crippen molar-refractivity contribution in [3.8, 4) is 5.75 Å². The number of carbonyl (C=O) groups is 2. The molecule has 2 saturated carbocycles. The number of benzene rings is 1. The topological polar surface area (TPSA) is 93.8 Å². The Morgan fingerprint density at radius 2 is 1.96 bits per heavy atom. The fourth-order valence-electron chi connectivity index (χ4n) is 4.12. The number of nitrogens with one attached hydrogen (secondary N) is 1. The molecule has 2 amide bonds. The summed E-state index contributed by atoms with van der Waals surface area (Å²) in [6.45, 7) is 6.72. The monoisotopic (exact) mass is 343 g/mol. The first-order valence-electron chi connectivity index (χ1n) is 8.62. The van der Waals surface area contributed by atoms with Crippen LogP contribution in [0, 0.1) is 16.7 Å². The lowest BCUT2D eigenvalue weighted by molar-refractivity contribution is -0.123. The highest BCUT2D eigenvalue weighted by Gasteiger charge is 2.59. The van der Waals surface area contributed by atoms with E-state index < -0.39 is 5.91 Å². The predicted octanol–water partition coefficient (Wildman–Crippen LogP) is 2.48. The highest BCUT2D eigenvalue weighted by atomic mass is 16.5. The van der Waals surface area contributed by atoms with Gasteiger partial charge in [-0.15, -0.1) is 0 Å². The van der Waals surface area contributed by atoms with Gasteiger partial charge in [0.15, 0.2) is 6.61 Å². The molecule has 2 unspecified atom stereocenters. The highest BCUT2D eigenvalue weighted by Crippen LogP contribution is 2.63. The molecule has 2 fully saturated rings. The number of ether oxygens (including phenoxy) is 1. The normalized spacial score (nSPS) is 28.1. The Balaban J connectivity index is 1.54. The minimum atomic E-state index is -0.498. The summed E-state index contributed by atoms with van der Waals surface area (Å²) < 4.78 is 5.41. The molecular formula is C19H25N3O3. The lowest BCUT2D eigenvalue weighted by Gasteiger charge is -2.34. The van der Waals surface area contributed by atoms with Crippen LogP contribution in [0.3, 0.4) is 0 Å². The average molecular weight is 343 g/mol. The maximum atomic E-state index is 12.0. The summed E-state index contributed by atoms with van der Waals surface area (Å²) in [4.78, 5) is 23.0. The van der Waals surface area contributed by atoms with Crippen LogP contribution in [-0.2, 0) is 4.79 Å². The summed E-state index contributed by atoms with van der Waals surface area (Å²) in [6.07, 6.45) is 3.32. The minimum absolute atomic E-state index is 0.0659. The smallest absolute Gasteiger partial charge is 0.277 e. The summed E-state index contributed by atoms with van der Waals surface area (Å²) in [5, 5.41) is 4.40. The fraction of sp³-hybridized carbons (Fsp3) is 0.526. The van der Waals surface area contributed by atoms with Gasteiger partial charge < -0.3 is 10.5 Å². The number of hydrogen-bond donors (Lipinski definition) is 2. The van der Waals surface area contributed by atoms with Gasteiger partial charge in [-0.25, -0.2) is 5.43 Å². The number of primary amides is 1. The first kappa shape index (κ1) is 17.5. The maximum absolute atomic E-state index is 12.0. The molecule has 0 radical (unpaired) electrons. The van der Waals surface area contributed by atoms with E-state index in [1.54, 1.807) is 24.3 Å². The van der Waals surface area contributed by atoms with E-state index in [9.17, 15) is 9.59 Å². The molecule has 25 heavy (non-hydrogen) atoms. The van der Waals surface area contributed by atoms with E-state index in [0.717, 1.165) is 18.6 Å². The molecule has 2 atom stereocenters. The van der Waals surface area contributed by atoms with E-state index in [2.05, 4.69) is 31.3 Å². The lowest BCUT2D eigenvalue weighted by Crippen LogP contribution is -2.35. The number of rotatable bonds is 5. The summed E-state index contributed by atoms with van der Waals surface area (Å²) in [7, 11) is 0. The molecule has 3 rings (SSSR count). The molecule has 1 aromatic carbocycles. The number of hydrazone groups is 1. The van der Waals surface area contributed by atoms with Crippen LogP contribution < -0.4 is 15.9 Å². The molecule has 3 N–H and O–H groups in total. The third kappa shape index (κ3) is 3.01. The van der Waals surface area contributed by atoms with Gasteiger partial charge in [0.05, 0.1) is 0 Å². The van der Waals surface area contributed by atoms with E-state index >= 15 is 0 Å². The van der Waals surface area contributed by atoms with Crippen molar-refractivity contribution < 1.29 is 14.3 Å². The Hall–Kier alpha value is -2.37. The van der Waals surface area contributed by atoms with Crippen molar-refractivity contribution in [1.29, 1.82) is 0 Å². The number of nitrogens with two attached hydrogens (primary N) is 1. The van der Waals surface area contributed by atoms with Crippen molar-refractivity contribution in [2.45, 2.75) is 40.0 Å². The lowest BCUT2D eigenvalue weighted by atomic mass is 9.70. The molecule has 2 bridgehead atoms. The summed E-state index contributed by atoms with van der Waals surface area (Å²) >= 11 is 0. The molecule has 0 saturated heterocycles. The number of hydrogen-bond acceptors (Lipinski definition) is 4. The third-order valence-electron chi connectivity index (χ3n) is 6.34. The van der Waals surface area contributed by atoms with Crippen LogP contribution >= 0.6 is 0 Å². The average Bonchev–Trinajstić information content (AvgIpc) is 2.91. The zero-order valence-electron chi connectivity index (χ0n) is 15.0. The number of carbonyl (C=O) groups excluding carboxylic acids is 2. The first-order valence-corrected chi connectivity index (χ1v) is 8.62. The van der Waals surface area contributed by atoms with Gasteiger partial charge in [0.2, 0.25) is 5.91 Å². The van der Waals surface area contributed by atoms with Crippen LogP contribution in [0.15, 0.2) is 29.4 Å². The Morgan fingerprint density at radius 1 is 1.28 bits per heavy atom. The molecule has 2 aliphatic rings. The van der Waals surface area contributed by atoms with E-state index in [1.807, 2.05) is 0 Å². The molecule has 0 heterocycles. The molecular weight excluding hydrogens is 318 g/mol. The molecule has 2 aliphatic carbocycles. The fourth-order valence-corrected chi connectivity index (χ4v) is 4.12. The highest BCUT2D eigenvalue weighted by molar-refractivity contribution is 5.95. The Morgan fingerprint density at radius 3 is 2.48 bits per heavy atom. The molecule has 1 aromatic rings. The number of fused-ring (bicyclic) bond motifs is 2. The van der Waals surface area contributed by atoms with Crippen molar-refractivity contribution in [2.24, 2.45) is 27.6 Å². The summed E-state index contributed by atoms with van der Waals surface area (Å²) in [6, 6.07) is 6.35. The van der Waals surface area contributed by atoms with Gasteiger partial charge in [-0.05, 0) is 54.9 Å².